The van der Waals surface area contributed by atoms with Gasteiger partial charge in [0, 0.05) is 11.8 Å². The number of aromatic amines is 1. The van der Waals surface area contributed by atoms with E-state index in [0.29, 0.717) is 11.3 Å². The van der Waals surface area contributed by atoms with Crippen LogP contribution >= 0.6 is 0 Å². The number of amides is 2. The van der Waals surface area contributed by atoms with E-state index in [1.54, 1.807) is 0 Å². The summed E-state index contributed by atoms with van der Waals surface area (Å²) < 4.78 is 18.1. The highest BCUT2D eigenvalue weighted by atomic mass is 19.1. The molecule has 2 rings (SSSR count). The predicted octanol–water partition coefficient (Wildman–Crippen LogP) is 1.58. The first-order valence-electron chi connectivity index (χ1n) is 7.08. The molecular weight excluding hydrogens is 317 g/mol. The van der Waals surface area contributed by atoms with Crippen molar-refractivity contribution in [3.63, 3.8) is 0 Å². The first-order valence-corrected chi connectivity index (χ1v) is 7.08. The Balaban J connectivity index is 1.85. The van der Waals surface area contributed by atoms with Gasteiger partial charge in [0.15, 0.2) is 11.9 Å². The highest BCUT2D eigenvalue weighted by Gasteiger charge is 2.17. The van der Waals surface area contributed by atoms with Crippen molar-refractivity contribution in [3.8, 4) is 5.75 Å². The SMILES string of the molecule is CC(=O)c1c[nH]c(C(=O)NNC(=O)[C@H](C)Oc2ccc(F)cc2)c1. The number of H-pyrrole nitrogens is 1. The van der Waals surface area contributed by atoms with E-state index >= 15 is 0 Å². The summed E-state index contributed by atoms with van der Waals surface area (Å²) in [6, 6.07) is 6.57. The van der Waals surface area contributed by atoms with Crippen molar-refractivity contribution in [2.45, 2.75) is 20.0 Å². The van der Waals surface area contributed by atoms with Crippen molar-refractivity contribution in [1.82, 2.24) is 15.8 Å². The minimum atomic E-state index is -0.910. The highest BCUT2D eigenvalue weighted by molar-refractivity contribution is 5.99. The molecule has 0 spiro atoms. The second-order valence-electron chi connectivity index (χ2n) is 5.02. The van der Waals surface area contributed by atoms with Crippen LogP contribution in [0.5, 0.6) is 5.75 Å². The number of hydrogen-bond donors (Lipinski definition) is 3. The summed E-state index contributed by atoms with van der Waals surface area (Å²) in [6.07, 6.45) is 0.492. The van der Waals surface area contributed by atoms with Crippen LogP contribution in [0.3, 0.4) is 0 Å². The molecule has 0 saturated heterocycles. The summed E-state index contributed by atoms with van der Waals surface area (Å²) in [4.78, 5) is 37.5. The van der Waals surface area contributed by atoms with Crippen LogP contribution in [0.1, 0.15) is 34.7 Å². The quantitative estimate of drug-likeness (QED) is 0.571. The van der Waals surface area contributed by atoms with Gasteiger partial charge in [-0.1, -0.05) is 0 Å². The van der Waals surface area contributed by atoms with Gasteiger partial charge >= 0.3 is 0 Å². The van der Waals surface area contributed by atoms with Gasteiger partial charge in [0.25, 0.3) is 11.8 Å². The molecule has 1 aromatic heterocycles. The summed E-state index contributed by atoms with van der Waals surface area (Å²) in [5.41, 5.74) is 4.91. The first kappa shape index (κ1) is 17.2. The summed E-state index contributed by atoms with van der Waals surface area (Å²) in [7, 11) is 0. The largest absolute Gasteiger partial charge is 0.481 e. The number of benzene rings is 1. The molecular formula is C16H16FN3O4. The van der Waals surface area contributed by atoms with Crippen molar-refractivity contribution in [3.05, 3.63) is 53.6 Å². The average molecular weight is 333 g/mol. The molecule has 2 aromatic rings. The van der Waals surface area contributed by atoms with E-state index in [2.05, 4.69) is 15.8 Å². The van der Waals surface area contributed by atoms with E-state index in [0.717, 1.165) is 0 Å². The number of Topliss-reactive ketones (excluding diaryl/α,β-unsaturated/α-hetero) is 1. The number of carbonyl (C=O) groups is 3. The third-order valence-electron chi connectivity index (χ3n) is 3.13. The van der Waals surface area contributed by atoms with Crippen LogP contribution < -0.4 is 15.6 Å². The van der Waals surface area contributed by atoms with Crippen LogP contribution in [0.15, 0.2) is 36.5 Å². The van der Waals surface area contributed by atoms with Crippen LogP contribution in [0.2, 0.25) is 0 Å². The van der Waals surface area contributed by atoms with Gasteiger partial charge in [-0.3, -0.25) is 25.2 Å². The van der Waals surface area contributed by atoms with Crippen molar-refractivity contribution in [2.24, 2.45) is 0 Å². The smallest absolute Gasteiger partial charge is 0.286 e. The van der Waals surface area contributed by atoms with Gasteiger partial charge in [0.2, 0.25) is 0 Å². The van der Waals surface area contributed by atoms with Crippen LogP contribution in [0, 0.1) is 5.82 Å². The Hall–Kier alpha value is -3.16. The lowest BCUT2D eigenvalue weighted by atomic mass is 10.2. The summed E-state index contributed by atoms with van der Waals surface area (Å²) in [6.45, 7) is 2.86. The molecule has 1 heterocycles. The van der Waals surface area contributed by atoms with Gasteiger partial charge in [0.05, 0.1) is 0 Å². The zero-order valence-electron chi connectivity index (χ0n) is 13.1. The Bertz CT molecular complexity index is 755. The number of nitrogens with one attached hydrogen (secondary N) is 3. The van der Waals surface area contributed by atoms with E-state index < -0.39 is 23.7 Å². The Morgan fingerprint density at radius 1 is 1.17 bits per heavy atom. The molecule has 7 nitrogen and oxygen atoms in total. The number of ketones is 1. The molecule has 0 radical (unpaired) electrons. The maximum atomic E-state index is 12.8. The molecule has 3 N–H and O–H groups in total. The van der Waals surface area contributed by atoms with Gasteiger partial charge < -0.3 is 9.72 Å². The molecule has 0 unspecified atom stereocenters. The number of rotatable bonds is 5. The maximum absolute atomic E-state index is 12.8. The van der Waals surface area contributed by atoms with E-state index in [4.69, 9.17) is 4.74 Å². The highest BCUT2D eigenvalue weighted by Crippen LogP contribution is 2.12. The second-order valence-corrected chi connectivity index (χ2v) is 5.02. The number of hydrogen-bond acceptors (Lipinski definition) is 4. The van der Waals surface area contributed by atoms with E-state index in [1.807, 2.05) is 0 Å². The third-order valence-corrected chi connectivity index (χ3v) is 3.13. The molecule has 0 aliphatic heterocycles. The zero-order valence-corrected chi connectivity index (χ0v) is 13.1. The normalized spacial score (nSPS) is 11.5. The predicted molar refractivity (Wildman–Crippen MR) is 82.9 cm³/mol. The van der Waals surface area contributed by atoms with Crippen molar-refractivity contribution < 1.29 is 23.5 Å². The second kappa shape index (κ2) is 7.40. The Morgan fingerprint density at radius 3 is 2.42 bits per heavy atom. The molecule has 0 fully saturated rings. The van der Waals surface area contributed by atoms with E-state index in [-0.39, 0.29) is 11.5 Å². The Morgan fingerprint density at radius 2 is 1.83 bits per heavy atom. The molecule has 0 aliphatic rings. The lowest BCUT2D eigenvalue weighted by molar-refractivity contribution is -0.128. The van der Waals surface area contributed by atoms with Crippen molar-refractivity contribution in [1.29, 1.82) is 0 Å². The molecule has 2 amide bonds. The molecule has 1 aromatic carbocycles. The minimum Gasteiger partial charge on any atom is -0.481 e. The number of halogens is 1. The molecule has 1 atom stereocenters. The standard InChI is InChI=1S/C16H16FN3O4/c1-9(21)11-7-14(18-8-11)16(23)20-19-15(22)10(2)24-13-5-3-12(17)4-6-13/h3-8,10,18H,1-2H3,(H,19,22)(H,20,23)/t10-/m0/s1. The maximum Gasteiger partial charge on any atom is 0.286 e. The fourth-order valence-electron chi connectivity index (χ4n) is 1.79. The monoisotopic (exact) mass is 333 g/mol. The van der Waals surface area contributed by atoms with Gasteiger partial charge in [-0.2, -0.15) is 0 Å². The van der Waals surface area contributed by atoms with Crippen LogP contribution in [-0.4, -0.2) is 28.7 Å². The van der Waals surface area contributed by atoms with Gasteiger partial charge in [-0.25, -0.2) is 4.39 Å². The molecule has 24 heavy (non-hydrogen) atoms. The Labute approximate surface area is 137 Å². The van der Waals surface area contributed by atoms with Crippen molar-refractivity contribution >= 4 is 17.6 Å². The lowest BCUT2D eigenvalue weighted by Crippen LogP contribution is -2.47. The number of carbonyl (C=O) groups excluding carboxylic acids is 3. The molecule has 8 heteroatoms. The Kier molecular flexibility index (Phi) is 5.31. The minimum absolute atomic E-state index is 0.132. The fraction of sp³-hybridized carbons (Fsp3) is 0.188. The summed E-state index contributed by atoms with van der Waals surface area (Å²) in [5.74, 6) is -1.48. The van der Waals surface area contributed by atoms with E-state index in [9.17, 15) is 18.8 Å². The van der Waals surface area contributed by atoms with Crippen molar-refractivity contribution in [2.75, 3.05) is 0 Å². The first-order chi connectivity index (χ1) is 11.4. The van der Waals surface area contributed by atoms with E-state index in [1.165, 1.54) is 50.4 Å². The van der Waals surface area contributed by atoms with Crippen LogP contribution in [0.4, 0.5) is 4.39 Å². The molecule has 0 bridgehead atoms. The lowest BCUT2D eigenvalue weighted by Gasteiger charge is -2.14. The average Bonchev–Trinajstić information content (AvgIpc) is 3.04. The van der Waals surface area contributed by atoms with Gasteiger partial charge in [0.1, 0.15) is 17.3 Å². The number of ether oxygens (including phenoxy) is 1. The van der Waals surface area contributed by atoms with Crippen LogP contribution in [0.25, 0.3) is 0 Å². The zero-order chi connectivity index (χ0) is 17.7. The molecule has 0 saturated carbocycles. The fourth-order valence-corrected chi connectivity index (χ4v) is 1.79. The number of hydrazine groups is 1. The topological polar surface area (TPSA) is 100 Å². The van der Waals surface area contributed by atoms with Gasteiger partial charge in [-0.15, -0.1) is 0 Å². The van der Waals surface area contributed by atoms with Gasteiger partial charge in [-0.05, 0) is 44.2 Å². The molecule has 126 valence electrons. The summed E-state index contributed by atoms with van der Waals surface area (Å²) in [5, 5.41) is 0. The number of aromatic nitrogens is 1. The molecule has 0 aliphatic carbocycles. The van der Waals surface area contributed by atoms with Crippen LogP contribution in [-0.2, 0) is 4.79 Å². The third kappa shape index (κ3) is 4.42. The summed E-state index contributed by atoms with van der Waals surface area (Å²) >= 11 is 0.